The molecule has 7 heteroatoms. The maximum absolute atomic E-state index is 5.37. The van der Waals surface area contributed by atoms with Gasteiger partial charge in [-0.25, -0.2) is 9.97 Å². The van der Waals surface area contributed by atoms with Crippen molar-refractivity contribution in [2.75, 3.05) is 18.7 Å². The van der Waals surface area contributed by atoms with Crippen LogP contribution < -0.4 is 4.90 Å². The minimum Gasteiger partial charge on any atom is -0.364 e. The Morgan fingerprint density at radius 2 is 2.09 bits per heavy atom. The monoisotopic (exact) mass is 325 g/mol. The molecule has 0 bridgehead atoms. The lowest BCUT2D eigenvalue weighted by Gasteiger charge is -2.30. The number of benzene rings is 1. The molecule has 4 rings (SSSR count). The molecule has 2 aromatic heterocycles. The number of anilines is 2. The first-order chi connectivity index (χ1) is 11.3. The highest BCUT2D eigenvalue weighted by atomic mass is 32.2. The molecule has 1 aliphatic rings. The summed E-state index contributed by atoms with van der Waals surface area (Å²) in [6.07, 6.45) is 3.41. The molecular weight excluding hydrogens is 310 g/mol. The van der Waals surface area contributed by atoms with Crippen molar-refractivity contribution in [3.05, 3.63) is 42.4 Å². The number of fused-ring (bicyclic) bond motifs is 2. The fourth-order valence-electron chi connectivity index (χ4n) is 2.59. The number of hydrogen-bond acceptors (Lipinski definition) is 6. The zero-order valence-electron chi connectivity index (χ0n) is 12.8. The van der Waals surface area contributed by atoms with Crippen LogP contribution in [0.1, 0.15) is 5.69 Å². The molecule has 1 N–H and O–H groups in total. The summed E-state index contributed by atoms with van der Waals surface area (Å²) >= 11 is 1.62. The van der Waals surface area contributed by atoms with E-state index in [1.165, 1.54) is 0 Å². The van der Waals surface area contributed by atoms with Crippen LogP contribution in [0.3, 0.4) is 0 Å². The lowest BCUT2D eigenvalue weighted by Crippen LogP contribution is -2.24. The SMILES string of the molecule is COCN1c2cc(-c3cc(C)[nH]n3)ccc2Sc2nccnc21. The Hall–Kier alpha value is -2.38. The zero-order valence-corrected chi connectivity index (χ0v) is 13.6. The van der Waals surface area contributed by atoms with E-state index in [1.54, 1.807) is 31.3 Å². The molecule has 23 heavy (non-hydrogen) atoms. The predicted octanol–water partition coefficient (Wildman–Crippen LogP) is 3.38. The van der Waals surface area contributed by atoms with Crippen molar-refractivity contribution in [3.63, 3.8) is 0 Å². The van der Waals surface area contributed by atoms with E-state index < -0.39 is 0 Å². The molecule has 0 atom stereocenters. The standard InChI is InChI=1S/C16H15N5OS/c1-10-7-12(20-19-10)11-3-4-14-13(8-11)21(9-22-2)15-16(23-14)18-6-5-17-15/h3-8H,9H2,1-2H3,(H,19,20). The summed E-state index contributed by atoms with van der Waals surface area (Å²) in [7, 11) is 1.68. The van der Waals surface area contributed by atoms with Crippen molar-refractivity contribution in [1.29, 1.82) is 0 Å². The third-order valence-electron chi connectivity index (χ3n) is 3.62. The third-order valence-corrected chi connectivity index (χ3v) is 4.66. The van der Waals surface area contributed by atoms with Gasteiger partial charge >= 0.3 is 0 Å². The van der Waals surface area contributed by atoms with E-state index >= 15 is 0 Å². The number of nitrogens with one attached hydrogen (secondary N) is 1. The molecule has 6 nitrogen and oxygen atoms in total. The summed E-state index contributed by atoms with van der Waals surface area (Å²) < 4.78 is 5.37. The van der Waals surface area contributed by atoms with Crippen molar-refractivity contribution < 1.29 is 4.74 Å². The van der Waals surface area contributed by atoms with Crippen LogP contribution in [0.2, 0.25) is 0 Å². The lowest BCUT2D eigenvalue weighted by atomic mass is 10.1. The van der Waals surface area contributed by atoms with Crippen molar-refractivity contribution in [2.24, 2.45) is 0 Å². The molecule has 1 aliphatic heterocycles. The largest absolute Gasteiger partial charge is 0.364 e. The Bertz CT molecular complexity index is 863. The molecule has 3 aromatic rings. The molecule has 116 valence electrons. The highest BCUT2D eigenvalue weighted by molar-refractivity contribution is 7.99. The maximum atomic E-state index is 5.37. The van der Waals surface area contributed by atoms with E-state index in [4.69, 9.17) is 4.74 Å². The van der Waals surface area contributed by atoms with Crippen LogP contribution in [-0.4, -0.2) is 34.0 Å². The maximum Gasteiger partial charge on any atom is 0.168 e. The van der Waals surface area contributed by atoms with E-state index in [1.807, 2.05) is 17.9 Å². The van der Waals surface area contributed by atoms with Crippen LogP contribution in [0.15, 0.2) is 46.6 Å². The molecule has 0 spiro atoms. The van der Waals surface area contributed by atoms with Crippen LogP contribution >= 0.6 is 11.8 Å². The summed E-state index contributed by atoms with van der Waals surface area (Å²) in [6.45, 7) is 2.41. The van der Waals surface area contributed by atoms with E-state index in [-0.39, 0.29) is 0 Å². The predicted molar refractivity (Wildman–Crippen MR) is 88.9 cm³/mol. The topological polar surface area (TPSA) is 66.9 Å². The fraction of sp³-hybridized carbons (Fsp3) is 0.188. The van der Waals surface area contributed by atoms with Crippen LogP contribution in [0.5, 0.6) is 0 Å². The number of rotatable bonds is 3. The summed E-state index contributed by atoms with van der Waals surface area (Å²) in [5.74, 6) is 0.821. The van der Waals surface area contributed by atoms with Crippen LogP contribution in [-0.2, 0) is 4.74 Å². The number of ether oxygens (including phenoxy) is 1. The Labute approximate surface area is 137 Å². The lowest BCUT2D eigenvalue weighted by molar-refractivity contribution is 0.205. The quantitative estimate of drug-likeness (QED) is 0.796. The molecule has 0 amide bonds. The molecular formula is C16H15N5OS. The second-order valence-electron chi connectivity index (χ2n) is 5.25. The zero-order chi connectivity index (χ0) is 15.8. The first-order valence-electron chi connectivity index (χ1n) is 7.18. The fourth-order valence-corrected chi connectivity index (χ4v) is 3.58. The Kier molecular flexibility index (Phi) is 3.51. The van der Waals surface area contributed by atoms with E-state index in [0.717, 1.165) is 38.4 Å². The number of H-pyrrole nitrogens is 1. The second kappa shape index (κ2) is 5.68. The van der Waals surface area contributed by atoms with Gasteiger partial charge in [-0.1, -0.05) is 17.8 Å². The van der Waals surface area contributed by atoms with Crippen molar-refractivity contribution in [2.45, 2.75) is 16.8 Å². The second-order valence-corrected chi connectivity index (χ2v) is 6.28. The van der Waals surface area contributed by atoms with Crippen LogP contribution in [0, 0.1) is 6.92 Å². The summed E-state index contributed by atoms with van der Waals surface area (Å²) in [6, 6.07) is 8.33. The number of hydrogen-bond donors (Lipinski definition) is 1. The van der Waals surface area contributed by atoms with Crippen molar-refractivity contribution >= 4 is 23.3 Å². The van der Waals surface area contributed by atoms with Gasteiger partial charge < -0.3 is 4.74 Å². The Morgan fingerprint density at radius 3 is 2.87 bits per heavy atom. The van der Waals surface area contributed by atoms with Gasteiger partial charge in [0, 0.05) is 35.7 Å². The molecule has 0 radical (unpaired) electrons. The number of nitrogens with zero attached hydrogens (tertiary/aromatic N) is 4. The molecule has 3 heterocycles. The molecule has 0 fully saturated rings. The van der Waals surface area contributed by atoms with E-state index in [9.17, 15) is 0 Å². The minimum absolute atomic E-state index is 0.419. The highest BCUT2D eigenvalue weighted by Crippen LogP contribution is 2.46. The molecule has 0 unspecified atom stereocenters. The van der Waals surface area contributed by atoms with Gasteiger partial charge in [0.05, 0.1) is 11.4 Å². The van der Waals surface area contributed by atoms with Gasteiger partial charge in [0.15, 0.2) is 5.82 Å². The summed E-state index contributed by atoms with van der Waals surface area (Å²) in [5.41, 5.74) is 4.08. The van der Waals surface area contributed by atoms with E-state index in [2.05, 4.69) is 38.4 Å². The molecule has 0 aliphatic carbocycles. The number of methoxy groups -OCH3 is 1. The first kappa shape index (κ1) is 14.2. The highest BCUT2D eigenvalue weighted by Gasteiger charge is 2.26. The third kappa shape index (κ3) is 2.47. The van der Waals surface area contributed by atoms with Gasteiger partial charge in [-0.05, 0) is 25.1 Å². The molecule has 0 saturated heterocycles. The summed E-state index contributed by atoms with van der Waals surface area (Å²) in [4.78, 5) is 12.1. The average molecular weight is 325 g/mol. The van der Waals surface area contributed by atoms with E-state index in [0.29, 0.717) is 6.73 Å². The number of aromatic nitrogens is 4. The first-order valence-corrected chi connectivity index (χ1v) is 7.99. The van der Waals surface area contributed by atoms with Gasteiger partial charge in [0.2, 0.25) is 0 Å². The van der Waals surface area contributed by atoms with Crippen LogP contribution in [0.4, 0.5) is 11.5 Å². The van der Waals surface area contributed by atoms with Gasteiger partial charge in [0.1, 0.15) is 11.8 Å². The number of aryl methyl sites for hydroxylation is 1. The normalized spacial score (nSPS) is 12.9. The van der Waals surface area contributed by atoms with Gasteiger partial charge in [0.25, 0.3) is 0 Å². The summed E-state index contributed by atoms with van der Waals surface area (Å²) in [5, 5.41) is 8.21. The average Bonchev–Trinajstić information content (AvgIpc) is 3.01. The Morgan fingerprint density at radius 1 is 1.22 bits per heavy atom. The number of aromatic amines is 1. The molecule has 0 saturated carbocycles. The van der Waals surface area contributed by atoms with Gasteiger partial charge in [-0.15, -0.1) is 0 Å². The minimum atomic E-state index is 0.419. The van der Waals surface area contributed by atoms with Crippen LogP contribution in [0.25, 0.3) is 11.3 Å². The smallest absolute Gasteiger partial charge is 0.168 e. The molecule has 1 aromatic carbocycles. The Balaban J connectivity index is 1.83. The van der Waals surface area contributed by atoms with Crippen molar-refractivity contribution in [3.8, 4) is 11.3 Å². The van der Waals surface area contributed by atoms with Gasteiger partial charge in [-0.3, -0.25) is 10.00 Å². The van der Waals surface area contributed by atoms with Gasteiger partial charge in [-0.2, -0.15) is 5.10 Å². The van der Waals surface area contributed by atoms with Crippen molar-refractivity contribution in [1.82, 2.24) is 20.2 Å².